The molecule has 0 spiro atoms. The molecule has 148 valence electrons. The highest BCUT2D eigenvalue weighted by molar-refractivity contribution is 5.00. The molecule has 4 aliphatic rings. The van der Waals surface area contributed by atoms with Crippen molar-refractivity contribution in [2.24, 2.45) is 0 Å². The summed E-state index contributed by atoms with van der Waals surface area (Å²) in [6.45, 7) is 6.79. The largest absolute Gasteiger partial charge is 0.567 e. The number of aliphatic hydroxyl groups excluding tert-OH is 2. The first kappa shape index (κ1) is 18.3. The Labute approximate surface area is 151 Å². The van der Waals surface area contributed by atoms with E-state index in [1.807, 2.05) is 0 Å². The van der Waals surface area contributed by atoms with Gasteiger partial charge in [-0.25, -0.2) is 0 Å². The van der Waals surface area contributed by atoms with Crippen molar-refractivity contribution in [2.75, 3.05) is 0 Å². The van der Waals surface area contributed by atoms with Crippen molar-refractivity contribution in [1.29, 1.82) is 0 Å². The van der Waals surface area contributed by atoms with Crippen LogP contribution in [0.25, 0.3) is 0 Å². The van der Waals surface area contributed by atoms with Gasteiger partial charge in [0.2, 0.25) is 0 Å². The van der Waals surface area contributed by atoms with Crippen molar-refractivity contribution in [3.8, 4) is 0 Å². The monoisotopic (exact) mass is 374 g/mol. The third-order valence-electron chi connectivity index (χ3n) is 5.57. The van der Waals surface area contributed by atoms with Crippen LogP contribution in [0.1, 0.15) is 40.5 Å². The lowest BCUT2D eigenvalue weighted by Gasteiger charge is -2.22. The molecule has 0 unspecified atom stereocenters. The summed E-state index contributed by atoms with van der Waals surface area (Å²) in [5, 5.41) is 46.0. The standard InChI is InChI=1S/C16H26N2O8/c1-15(2)23-11-7(5-9(19)13(11)25-15)17(21)18(22)8-6-10(20)14-12(8)24-16(3,4)26-14/h7-14,19-20H,5-6H2,1-4H3/b18-17+/t7-,8-,9+,10+,11+,12+,13-,14-/m1/s1. The summed E-state index contributed by atoms with van der Waals surface area (Å²) in [7, 11) is 0. The summed E-state index contributed by atoms with van der Waals surface area (Å²) in [6.07, 6.45) is -4.33. The van der Waals surface area contributed by atoms with Gasteiger partial charge in [0.05, 0.1) is 12.2 Å². The third-order valence-corrected chi connectivity index (χ3v) is 5.57. The zero-order valence-electron chi connectivity index (χ0n) is 15.3. The topological polar surface area (TPSA) is 130 Å². The molecule has 8 atom stereocenters. The number of ether oxygens (including phenoxy) is 4. The maximum atomic E-state index is 12.8. The molecule has 4 fully saturated rings. The van der Waals surface area contributed by atoms with E-state index in [2.05, 4.69) is 0 Å². The molecule has 0 amide bonds. The number of nitrogens with zero attached hydrogens (tertiary/aromatic N) is 2. The molecule has 2 saturated carbocycles. The second kappa shape index (κ2) is 5.73. The Kier molecular flexibility index (Phi) is 4.04. The number of hydrogen-bond acceptors (Lipinski definition) is 8. The average Bonchev–Trinajstić information content (AvgIpc) is 3.19. The van der Waals surface area contributed by atoms with Gasteiger partial charge in [0.1, 0.15) is 12.2 Å². The Morgan fingerprint density at radius 2 is 1.00 bits per heavy atom. The van der Waals surface area contributed by atoms with Gasteiger partial charge >= 0.3 is 0 Å². The molecule has 2 saturated heterocycles. The van der Waals surface area contributed by atoms with Crippen molar-refractivity contribution < 1.29 is 38.9 Å². The van der Waals surface area contributed by atoms with Gasteiger partial charge in [0.15, 0.2) is 23.8 Å². The SMILES string of the molecule is CC1(C)O[C@@H]2[C@H](O1)[C@@H](O)C[C@H]2/[N+]([O-])=[N+](\[O-])[C@@H]1C[C@H](O)[C@H]2OC(C)(C)O[C@H]21. The molecule has 26 heavy (non-hydrogen) atoms. The minimum atomic E-state index is -0.926. The molecular weight excluding hydrogens is 348 g/mol. The second-order valence-electron chi connectivity index (χ2n) is 8.48. The Bertz CT molecular complexity index is 571. The molecule has 2 N–H and O–H groups in total. The second-order valence-corrected chi connectivity index (χ2v) is 8.48. The van der Waals surface area contributed by atoms with Crippen LogP contribution < -0.4 is 0 Å². The van der Waals surface area contributed by atoms with Crippen LogP contribution >= 0.6 is 0 Å². The average molecular weight is 374 g/mol. The molecule has 10 heteroatoms. The van der Waals surface area contributed by atoms with E-state index in [9.17, 15) is 20.6 Å². The molecule has 0 aromatic heterocycles. The van der Waals surface area contributed by atoms with Crippen LogP contribution in [0, 0.1) is 10.4 Å². The lowest BCUT2D eigenvalue weighted by molar-refractivity contribution is -0.999. The molecule has 4 rings (SSSR count). The first-order valence-electron chi connectivity index (χ1n) is 8.99. The van der Waals surface area contributed by atoms with Crippen molar-refractivity contribution in [1.82, 2.24) is 0 Å². The van der Waals surface area contributed by atoms with E-state index in [1.165, 1.54) is 0 Å². The summed E-state index contributed by atoms with van der Waals surface area (Å²) in [5.41, 5.74) is 0. The van der Waals surface area contributed by atoms with Gasteiger partial charge in [-0.15, -0.1) is 0 Å². The van der Waals surface area contributed by atoms with Gasteiger partial charge in [-0.05, 0) is 27.7 Å². The number of hydrogen-bond donors (Lipinski definition) is 2. The number of aliphatic hydroxyl groups is 2. The number of rotatable bonds is 2. The molecule has 0 radical (unpaired) electrons. The molecule has 0 aromatic carbocycles. The maximum absolute atomic E-state index is 12.8. The van der Waals surface area contributed by atoms with Crippen LogP contribution in [0.3, 0.4) is 0 Å². The van der Waals surface area contributed by atoms with Crippen molar-refractivity contribution in [3.05, 3.63) is 10.4 Å². The van der Waals surface area contributed by atoms with E-state index < -0.39 is 60.3 Å². The lowest BCUT2D eigenvalue weighted by Crippen LogP contribution is -2.44. The van der Waals surface area contributed by atoms with Crippen LogP contribution in [0.4, 0.5) is 0 Å². The highest BCUT2D eigenvalue weighted by Crippen LogP contribution is 2.41. The van der Waals surface area contributed by atoms with E-state index in [0.717, 1.165) is 0 Å². The summed E-state index contributed by atoms with van der Waals surface area (Å²) in [4.78, 5) is 0.597. The molecular formula is C16H26N2O8. The Balaban J connectivity index is 1.59. The fourth-order valence-corrected chi connectivity index (χ4v) is 4.58. The minimum absolute atomic E-state index is 0.0693. The summed E-state index contributed by atoms with van der Waals surface area (Å²) in [5.74, 6) is -1.85. The molecule has 2 heterocycles. The molecule has 0 aromatic rings. The van der Waals surface area contributed by atoms with E-state index in [4.69, 9.17) is 18.9 Å². The first-order chi connectivity index (χ1) is 12.0. The van der Waals surface area contributed by atoms with Gasteiger partial charge in [-0.1, -0.05) is 0 Å². The molecule has 10 nitrogen and oxygen atoms in total. The van der Waals surface area contributed by atoms with Crippen LogP contribution in [0.2, 0.25) is 0 Å². The molecule has 0 bridgehead atoms. The smallest absolute Gasteiger partial charge is 0.260 e. The Morgan fingerprint density at radius 3 is 1.35 bits per heavy atom. The number of azo groups is 1. The Hall–Kier alpha value is -1.04. The van der Waals surface area contributed by atoms with E-state index in [0.29, 0.717) is 9.72 Å². The fraction of sp³-hybridized carbons (Fsp3) is 1.00. The quantitative estimate of drug-likeness (QED) is 0.385. The number of fused-ring (bicyclic) bond motifs is 2. The van der Waals surface area contributed by atoms with Gasteiger partial charge in [0, 0.05) is 22.6 Å². The van der Waals surface area contributed by atoms with Gasteiger partial charge in [0.25, 0.3) is 12.1 Å². The highest BCUT2D eigenvalue weighted by atomic mass is 16.8. The maximum Gasteiger partial charge on any atom is 0.260 e. The first-order valence-corrected chi connectivity index (χ1v) is 8.99. The third kappa shape index (κ3) is 2.79. The van der Waals surface area contributed by atoms with Crippen LogP contribution in [0.15, 0.2) is 0 Å². The predicted octanol–water partition coefficient (Wildman–Crippen LogP) is -0.234. The van der Waals surface area contributed by atoms with Crippen molar-refractivity contribution in [3.63, 3.8) is 0 Å². The predicted molar refractivity (Wildman–Crippen MR) is 83.7 cm³/mol. The number of hydroxylamine groups is 2. The van der Waals surface area contributed by atoms with Crippen molar-refractivity contribution >= 4 is 0 Å². The minimum Gasteiger partial charge on any atom is -0.567 e. The van der Waals surface area contributed by atoms with Crippen molar-refractivity contribution in [2.45, 2.75) is 101 Å². The fourth-order valence-electron chi connectivity index (χ4n) is 4.58. The van der Waals surface area contributed by atoms with Gasteiger partial charge < -0.3 is 39.6 Å². The van der Waals surface area contributed by atoms with E-state index >= 15 is 0 Å². The Morgan fingerprint density at radius 1 is 0.692 bits per heavy atom. The zero-order chi connectivity index (χ0) is 19.0. The van der Waals surface area contributed by atoms with Crippen LogP contribution in [-0.2, 0) is 18.9 Å². The summed E-state index contributed by atoms with van der Waals surface area (Å²) >= 11 is 0. The lowest BCUT2D eigenvalue weighted by atomic mass is 10.2. The summed E-state index contributed by atoms with van der Waals surface area (Å²) in [6, 6.07) is -1.75. The zero-order valence-corrected chi connectivity index (χ0v) is 15.3. The van der Waals surface area contributed by atoms with Crippen LogP contribution in [0.5, 0.6) is 0 Å². The molecule has 2 aliphatic heterocycles. The van der Waals surface area contributed by atoms with E-state index in [-0.39, 0.29) is 12.8 Å². The van der Waals surface area contributed by atoms with Crippen LogP contribution in [-0.4, -0.2) is 80.2 Å². The highest BCUT2D eigenvalue weighted by Gasteiger charge is 2.62. The molecule has 2 aliphatic carbocycles. The summed E-state index contributed by atoms with van der Waals surface area (Å²) < 4.78 is 22.8. The van der Waals surface area contributed by atoms with E-state index in [1.54, 1.807) is 27.7 Å². The van der Waals surface area contributed by atoms with Gasteiger partial charge in [-0.2, -0.15) is 0 Å². The van der Waals surface area contributed by atoms with Gasteiger partial charge in [-0.3, -0.25) is 0 Å². The normalized spacial score (nSPS) is 49.8.